The van der Waals surface area contributed by atoms with Crippen LogP contribution in [0.4, 0.5) is 19.1 Å². The van der Waals surface area contributed by atoms with Crippen LogP contribution in [-0.4, -0.2) is 62.8 Å². The summed E-state index contributed by atoms with van der Waals surface area (Å²) in [6.45, 7) is 0.437. The van der Waals surface area contributed by atoms with Crippen molar-refractivity contribution in [3.05, 3.63) is 59.2 Å². The normalized spacial score (nSPS) is 17.4. The molecule has 4 rings (SSSR count). The predicted octanol–water partition coefficient (Wildman–Crippen LogP) is 3.39. The molecule has 8 nitrogen and oxygen atoms in total. The van der Waals surface area contributed by atoms with Crippen LogP contribution in [-0.2, 0) is 17.5 Å². The number of likely N-dealkylation sites (tertiary alicyclic amines) is 1. The van der Waals surface area contributed by atoms with E-state index in [-0.39, 0.29) is 36.3 Å². The largest absolute Gasteiger partial charge is 0.416 e. The maximum Gasteiger partial charge on any atom is 0.416 e. The molecule has 0 bridgehead atoms. The Morgan fingerprint density at radius 3 is 2.75 bits per heavy atom. The first-order valence-corrected chi connectivity index (χ1v) is 11.6. The molecule has 11 heteroatoms. The molecule has 1 aliphatic rings. The maximum absolute atomic E-state index is 13.1. The van der Waals surface area contributed by atoms with Crippen molar-refractivity contribution in [2.45, 2.75) is 44.0 Å². The van der Waals surface area contributed by atoms with Crippen molar-refractivity contribution in [3.8, 4) is 0 Å². The number of benzene rings is 2. The fraction of sp³-hybridized carbons (Fsp3) is 0.400. The van der Waals surface area contributed by atoms with Crippen LogP contribution in [0.1, 0.15) is 46.7 Å². The van der Waals surface area contributed by atoms with Crippen molar-refractivity contribution in [1.82, 2.24) is 14.5 Å². The zero-order valence-electron chi connectivity index (χ0n) is 19.6. The molecule has 0 saturated carbocycles. The Morgan fingerprint density at radius 2 is 2.03 bits per heavy atom. The molecule has 1 aliphatic heterocycles. The molecule has 2 amide bonds. The fourth-order valence-corrected chi connectivity index (χ4v) is 4.41. The number of carbonyl (C=O) groups excluding carboxylic acids is 2. The highest BCUT2D eigenvalue weighted by atomic mass is 19.4. The van der Waals surface area contributed by atoms with Crippen LogP contribution in [0.15, 0.2) is 42.5 Å². The van der Waals surface area contributed by atoms with Crippen molar-refractivity contribution >= 4 is 28.8 Å². The van der Waals surface area contributed by atoms with Gasteiger partial charge in [0.25, 0.3) is 5.91 Å². The van der Waals surface area contributed by atoms with Gasteiger partial charge in [0, 0.05) is 25.7 Å². The predicted molar refractivity (Wildman–Crippen MR) is 126 cm³/mol. The number of hydrogen-bond donors (Lipinski definition) is 3. The summed E-state index contributed by atoms with van der Waals surface area (Å²) in [6.07, 6.45) is -3.86. The number of nitrogens with zero attached hydrogens (tertiary/aromatic N) is 3. The van der Waals surface area contributed by atoms with Gasteiger partial charge in [-0.2, -0.15) is 13.2 Å². The van der Waals surface area contributed by atoms with Crippen molar-refractivity contribution in [2.75, 3.05) is 25.5 Å². The van der Waals surface area contributed by atoms with E-state index in [2.05, 4.69) is 10.3 Å². The number of nitrogens with one attached hydrogen (secondary N) is 1. The van der Waals surface area contributed by atoms with E-state index in [4.69, 9.17) is 0 Å². The van der Waals surface area contributed by atoms with E-state index in [0.29, 0.717) is 24.0 Å². The maximum atomic E-state index is 13.1. The molecule has 3 N–H and O–H groups in total. The number of imidazole rings is 1. The fourth-order valence-electron chi connectivity index (χ4n) is 4.41. The van der Waals surface area contributed by atoms with E-state index in [0.717, 1.165) is 30.2 Å². The van der Waals surface area contributed by atoms with E-state index in [1.807, 2.05) is 6.07 Å². The average molecular weight is 505 g/mol. The lowest BCUT2D eigenvalue weighted by molar-refractivity contribution is -0.137. The molecule has 0 unspecified atom stereocenters. The number of amides is 2. The Labute approximate surface area is 205 Å². The number of rotatable bonds is 7. The van der Waals surface area contributed by atoms with Crippen molar-refractivity contribution in [2.24, 2.45) is 0 Å². The summed E-state index contributed by atoms with van der Waals surface area (Å²) in [7, 11) is 1.76. The highest BCUT2D eigenvalue weighted by molar-refractivity contribution is 6.04. The van der Waals surface area contributed by atoms with Gasteiger partial charge in [-0.1, -0.05) is 12.1 Å². The van der Waals surface area contributed by atoms with E-state index in [1.54, 1.807) is 28.6 Å². The molecule has 3 aromatic rings. The van der Waals surface area contributed by atoms with E-state index < -0.39 is 30.4 Å². The summed E-state index contributed by atoms with van der Waals surface area (Å²) in [5.41, 5.74) is 0.762. The number of likely N-dealkylation sites (N-methyl/N-ethyl adjacent to an activating group) is 1. The summed E-state index contributed by atoms with van der Waals surface area (Å²) < 4.78 is 40.9. The molecule has 192 valence electrons. The van der Waals surface area contributed by atoms with E-state index in [1.165, 1.54) is 6.07 Å². The summed E-state index contributed by atoms with van der Waals surface area (Å²) in [5, 5.41) is 21.6. The highest BCUT2D eigenvalue weighted by Crippen LogP contribution is 2.32. The Kier molecular flexibility index (Phi) is 7.32. The van der Waals surface area contributed by atoms with E-state index >= 15 is 0 Å². The number of aliphatic hydroxyl groups excluding tert-OH is 2. The molecule has 2 atom stereocenters. The van der Waals surface area contributed by atoms with Crippen LogP contribution in [0.2, 0.25) is 0 Å². The second-order valence-electron chi connectivity index (χ2n) is 8.95. The lowest BCUT2D eigenvalue weighted by Crippen LogP contribution is -2.36. The lowest BCUT2D eigenvalue weighted by atomic mass is 9.90. The highest BCUT2D eigenvalue weighted by Gasteiger charge is 2.31. The minimum atomic E-state index is -4.59. The Balaban J connectivity index is 1.68. The number of carbonyl (C=O) groups is 2. The topological polar surface area (TPSA) is 108 Å². The number of aliphatic hydroxyl groups is 2. The molecular weight excluding hydrogens is 477 g/mol. The van der Waals surface area contributed by atoms with Gasteiger partial charge in [-0.15, -0.1) is 0 Å². The second-order valence-corrected chi connectivity index (χ2v) is 8.95. The Morgan fingerprint density at radius 1 is 1.25 bits per heavy atom. The molecule has 1 aromatic heterocycles. The van der Waals surface area contributed by atoms with Crippen LogP contribution in [0, 0.1) is 0 Å². The number of aryl methyl sites for hydroxylation is 1. The SMILES string of the molecule is CN1CCC[C@@H](c2ccc3c(c2)nc(NC(=O)c2cccc(C(F)(F)F)c2)n3CC[C@H](O)CO)C1=O. The first-order valence-electron chi connectivity index (χ1n) is 11.6. The minimum absolute atomic E-state index is 0.0178. The van der Waals surface area contributed by atoms with Gasteiger partial charge in [0.05, 0.1) is 35.2 Å². The molecule has 0 spiro atoms. The lowest BCUT2D eigenvalue weighted by Gasteiger charge is -2.29. The number of halogens is 3. The van der Waals surface area contributed by atoms with Gasteiger partial charge in [0.15, 0.2) is 0 Å². The van der Waals surface area contributed by atoms with Crippen LogP contribution in [0.5, 0.6) is 0 Å². The van der Waals surface area contributed by atoms with Crippen LogP contribution >= 0.6 is 0 Å². The van der Waals surface area contributed by atoms with Gasteiger partial charge in [-0.3, -0.25) is 14.9 Å². The molecule has 36 heavy (non-hydrogen) atoms. The van der Waals surface area contributed by atoms with Gasteiger partial charge in [0.2, 0.25) is 11.9 Å². The quantitative estimate of drug-likeness (QED) is 0.457. The van der Waals surface area contributed by atoms with Gasteiger partial charge >= 0.3 is 6.18 Å². The van der Waals surface area contributed by atoms with Crippen LogP contribution < -0.4 is 5.32 Å². The first kappa shape index (κ1) is 25.6. The summed E-state index contributed by atoms with van der Waals surface area (Å²) in [6, 6.07) is 9.44. The van der Waals surface area contributed by atoms with Crippen LogP contribution in [0.3, 0.4) is 0 Å². The summed E-state index contributed by atoms with van der Waals surface area (Å²) in [5.74, 6) is -0.978. The smallest absolute Gasteiger partial charge is 0.394 e. The zero-order chi connectivity index (χ0) is 26.0. The van der Waals surface area contributed by atoms with Crippen molar-refractivity contribution in [1.29, 1.82) is 0 Å². The van der Waals surface area contributed by atoms with Crippen molar-refractivity contribution in [3.63, 3.8) is 0 Å². The molecule has 1 saturated heterocycles. The minimum Gasteiger partial charge on any atom is -0.394 e. The van der Waals surface area contributed by atoms with Gasteiger partial charge < -0.3 is 19.7 Å². The third-order valence-electron chi connectivity index (χ3n) is 6.41. The molecule has 2 heterocycles. The third-order valence-corrected chi connectivity index (χ3v) is 6.41. The number of piperidine rings is 1. The average Bonchev–Trinajstić information content (AvgIpc) is 3.19. The third kappa shape index (κ3) is 5.36. The molecular formula is C25H27F3N4O4. The second kappa shape index (κ2) is 10.3. The number of anilines is 1. The monoisotopic (exact) mass is 504 g/mol. The van der Waals surface area contributed by atoms with Crippen molar-refractivity contribution < 1.29 is 33.0 Å². The van der Waals surface area contributed by atoms with Gasteiger partial charge in [-0.25, -0.2) is 4.98 Å². The number of alkyl halides is 3. The number of fused-ring (bicyclic) bond motifs is 1. The number of hydrogen-bond acceptors (Lipinski definition) is 5. The molecule has 0 radical (unpaired) electrons. The molecule has 0 aliphatic carbocycles. The van der Waals surface area contributed by atoms with Gasteiger partial charge in [-0.05, 0) is 55.2 Å². The Hall–Kier alpha value is -3.44. The first-order chi connectivity index (χ1) is 17.1. The standard InChI is InChI=1S/C25H27F3N4O4/c1-31-10-3-6-19(23(31)36)15-7-8-21-20(13-15)29-24(32(21)11-9-18(34)14-33)30-22(35)16-4-2-5-17(12-16)25(26,27)28/h2,4-5,7-8,12-13,18-19,33-34H,3,6,9-11,14H2,1H3,(H,29,30,35)/t18-,19-/m0/s1. The molecule has 1 fully saturated rings. The van der Waals surface area contributed by atoms with E-state index in [9.17, 15) is 33.0 Å². The Bertz CT molecular complexity index is 1270. The van der Waals surface area contributed by atoms with Gasteiger partial charge in [0.1, 0.15) is 0 Å². The summed E-state index contributed by atoms with van der Waals surface area (Å²) >= 11 is 0. The number of aromatic nitrogens is 2. The summed E-state index contributed by atoms with van der Waals surface area (Å²) in [4.78, 5) is 31.7. The zero-order valence-corrected chi connectivity index (χ0v) is 19.6. The molecule has 2 aromatic carbocycles. The van der Waals surface area contributed by atoms with Crippen LogP contribution in [0.25, 0.3) is 11.0 Å².